The molecule has 0 aliphatic carbocycles. The Bertz CT molecular complexity index is 1120. The number of benzene rings is 2. The highest BCUT2D eigenvalue weighted by molar-refractivity contribution is 6.37. The zero-order valence-corrected chi connectivity index (χ0v) is 17.4. The number of fused-ring (bicyclic) bond motifs is 3. The van der Waals surface area contributed by atoms with Crippen LogP contribution in [-0.2, 0) is 17.7 Å². The lowest BCUT2D eigenvalue weighted by molar-refractivity contribution is 0.0600. The van der Waals surface area contributed by atoms with Crippen LogP contribution in [0.5, 0.6) is 5.75 Å². The molecule has 2 aromatic carbocycles. The summed E-state index contributed by atoms with van der Waals surface area (Å²) in [6.45, 7) is 0.976. The molecule has 4 rings (SSSR count). The number of hydrogen-bond donors (Lipinski definition) is 1. The SMILES string of the molecule is COC(=O)c1ccc2[nH]c3c(c2c1)CN(C(=O)c1cc(Cl)c(OC)c(Cl)c1)CC3. The van der Waals surface area contributed by atoms with E-state index in [0.29, 0.717) is 36.4 Å². The molecule has 1 amide bonds. The molecule has 8 heteroatoms. The predicted molar refractivity (Wildman–Crippen MR) is 111 cm³/mol. The molecule has 3 aromatic rings. The first kappa shape index (κ1) is 19.6. The van der Waals surface area contributed by atoms with Crippen molar-refractivity contribution >= 4 is 46.0 Å². The van der Waals surface area contributed by atoms with Crippen molar-refractivity contribution in [2.75, 3.05) is 20.8 Å². The molecule has 0 bridgehead atoms. The van der Waals surface area contributed by atoms with Crippen molar-refractivity contribution in [2.45, 2.75) is 13.0 Å². The Morgan fingerprint density at radius 1 is 1.07 bits per heavy atom. The Morgan fingerprint density at radius 3 is 2.45 bits per heavy atom. The molecule has 1 aromatic heterocycles. The second kappa shape index (κ2) is 7.61. The summed E-state index contributed by atoms with van der Waals surface area (Å²) in [5.41, 5.74) is 3.86. The van der Waals surface area contributed by atoms with Crippen LogP contribution in [0.25, 0.3) is 10.9 Å². The average Bonchev–Trinajstić information content (AvgIpc) is 3.09. The van der Waals surface area contributed by atoms with Crippen LogP contribution in [0.3, 0.4) is 0 Å². The van der Waals surface area contributed by atoms with Crippen molar-refractivity contribution in [3.05, 3.63) is 62.8 Å². The van der Waals surface area contributed by atoms with Crippen LogP contribution in [0, 0.1) is 0 Å². The van der Waals surface area contributed by atoms with Crippen LogP contribution in [0.1, 0.15) is 32.0 Å². The molecule has 0 spiro atoms. The van der Waals surface area contributed by atoms with Crippen LogP contribution >= 0.6 is 23.2 Å². The number of carbonyl (C=O) groups is 2. The maximum Gasteiger partial charge on any atom is 0.337 e. The summed E-state index contributed by atoms with van der Waals surface area (Å²) in [7, 11) is 2.82. The molecule has 1 aliphatic heterocycles. The van der Waals surface area contributed by atoms with Gasteiger partial charge in [-0.05, 0) is 30.3 Å². The van der Waals surface area contributed by atoms with E-state index in [9.17, 15) is 9.59 Å². The van der Waals surface area contributed by atoms with E-state index in [2.05, 4.69) is 4.98 Å². The fourth-order valence-electron chi connectivity index (χ4n) is 3.69. The van der Waals surface area contributed by atoms with Crippen LogP contribution in [0.15, 0.2) is 30.3 Å². The minimum atomic E-state index is -0.395. The van der Waals surface area contributed by atoms with E-state index in [1.54, 1.807) is 29.2 Å². The molecule has 0 saturated heterocycles. The zero-order chi connectivity index (χ0) is 20.7. The van der Waals surface area contributed by atoms with Crippen molar-refractivity contribution < 1.29 is 19.1 Å². The van der Waals surface area contributed by atoms with Crippen LogP contribution in [0.4, 0.5) is 0 Å². The summed E-state index contributed by atoms with van der Waals surface area (Å²) in [5, 5.41) is 1.48. The molecular formula is C21H18Cl2N2O4. The minimum Gasteiger partial charge on any atom is -0.494 e. The fraction of sp³-hybridized carbons (Fsp3) is 0.238. The van der Waals surface area contributed by atoms with Crippen molar-refractivity contribution in [3.63, 3.8) is 0 Å². The molecular weight excluding hydrogens is 415 g/mol. The summed E-state index contributed by atoms with van der Waals surface area (Å²) in [4.78, 5) is 30.1. The lowest BCUT2D eigenvalue weighted by Crippen LogP contribution is -2.35. The van der Waals surface area contributed by atoms with Crippen molar-refractivity contribution in [1.82, 2.24) is 9.88 Å². The molecule has 2 heterocycles. The number of hydrogen-bond acceptors (Lipinski definition) is 4. The van der Waals surface area contributed by atoms with E-state index in [-0.39, 0.29) is 16.0 Å². The van der Waals surface area contributed by atoms with Crippen LogP contribution in [-0.4, -0.2) is 42.5 Å². The highest BCUT2D eigenvalue weighted by Gasteiger charge is 2.26. The standard InChI is InChI=1S/C21H18Cl2N2O4/c1-28-19-15(22)8-12(9-16(19)23)20(26)25-6-5-18-14(10-25)13-7-11(21(27)29-2)3-4-17(13)24-18/h3-4,7-9,24H,5-6,10H2,1-2H3. The lowest BCUT2D eigenvalue weighted by atomic mass is 10.0. The maximum absolute atomic E-state index is 13.1. The van der Waals surface area contributed by atoms with E-state index >= 15 is 0 Å². The monoisotopic (exact) mass is 432 g/mol. The quantitative estimate of drug-likeness (QED) is 0.619. The van der Waals surface area contributed by atoms with Gasteiger partial charge in [-0.1, -0.05) is 23.2 Å². The second-order valence-electron chi connectivity index (χ2n) is 6.78. The second-order valence-corrected chi connectivity index (χ2v) is 7.60. The number of aromatic amines is 1. The molecule has 0 saturated carbocycles. The summed E-state index contributed by atoms with van der Waals surface area (Å²) >= 11 is 12.4. The summed E-state index contributed by atoms with van der Waals surface area (Å²) < 4.78 is 9.96. The molecule has 150 valence electrons. The third-order valence-corrected chi connectivity index (χ3v) is 5.69. The maximum atomic E-state index is 13.1. The Morgan fingerprint density at radius 2 is 1.79 bits per heavy atom. The number of nitrogens with one attached hydrogen (secondary N) is 1. The van der Waals surface area contributed by atoms with Crippen molar-refractivity contribution in [1.29, 1.82) is 0 Å². The molecule has 1 aliphatic rings. The van der Waals surface area contributed by atoms with E-state index in [4.69, 9.17) is 32.7 Å². The minimum absolute atomic E-state index is 0.166. The Labute approximate surface area is 177 Å². The normalized spacial score (nSPS) is 13.3. The van der Waals surface area contributed by atoms with Gasteiger partial charge in [-0.3, -0.25) is 4.79 Å². The van der Waals surface area contributed by atoms with Crippen LogP contribution < -0.4 is 4.74 Å². The summed E-state index contributed by atoms with van der Waals surface area (Å²) in [6.07, 6.45) is 0.681. The van der Waals surface area contributed by atoms with Gasteiger partial charge in [-0.25, -0.2) is 4.79 Å². The van der Waals surface area contributed by atoms with Gasteiger partial charge in [0, 0.05) is 47.2 Å². The molecule has 1 N–H and O–H groups in total. The van der Waals surface area contributed by atoms with Gasteiger partial charge < -0.3 is 19.4 Å². The number of ether oxygens (including phenoxy) is 2. The molecule has 0 atom stereocenters. The Balaban J connectivity index is 1.67. The number of nitrogens with zero attached hydrogens (tertiary/aromatic N) is 1. The lowest BCUT2D eigenvalue weighted by Gasteiger charge is -2.27. The Kier molecular flexibility index (Phi) is 5.15. The molecule has 0 unspecified atom stereocenters. The van der Waals surface area contributed by atoms with Gasteiger partial charge in [0.1, 0.15) is 0 Å². The third-order valence-electron chi connectivity index (χ3n) is 5.13. The molecule has 29 heavy (non-hydrogen) atoms. The third kappa shape index (κ3) is 3.43. The van der Waals surface area contributed by atoms with E-state index in [1.165, 1.54) is 14.2 Å². The molecule has 6 nitrogen and oxygen atoms in total. The number of aromatic nitrogens is 1. The highest BCUT2D eigenvalue weighted by atomic mass is 35.5. The van der Waals surface area contributed by atoms with Crippen molar-refractivity contribution in [2.24, 2.45) is 0 Å². The first-order valence-corrected chi connectivity index (χ1v) is 9.72. The van der Waals surface area contributed by atoms with Gasteiger partial charge in [0.05, 0.1) is 29.8 Å². The average molecular weight is 433 g/mol. The van der Waals surface area contributed by atoms with E-state index < -0.39 is 5.97 Å². The number of rotatable bonds is 3. The van der Waals surface area contributed by atoms with Gasteiger partial charge in [0.25, 0.3) is 5.91 Å². The van der Waals surface area contributed by atoms with Gasteiger partial charge >= 0.3 is 5.97 Å². The first-order chi connectivity index (χ1) is 13.9. The molecule has 0 fully saturated rings. The largest absolute Gasteiger partial charge is 0.494 e. The van der Waals surface area contributed by atoms with Gasteiger partial charge in [0.2, 0.25) is 0 Å². The Hall–Kier alpha value is -2.70. The topological polar surface area (TPSA) is 71.6 Å². The van der Waals surface area contributed by atoms with Gasteiger partial charge in [0.15, 0.2) is 5.75 Å². The molecule has 0 radical (unpaired) electrons. The van der Waals surface area contributed by atoms with Gasteiger partial charge in [-0.2, -0.15) is 0 Å². The smallest absolute Gasteiger partial charge is 0.337 e. The number of halogens is 2. The number of methoxy groups -OCH3 is 2. The summed E-state index contributed by atoms with van der Waals surface area (Å²) in [6, 6.07) is 8.50. The van der Waals surface area contributed by atoms with Crippen LogP contribution in [0.2, 0.25) is 10.0 Å². The predicted octanol–water partition coefficient (Wildman–Crippen LogP) is 4.47. The number of carbonyl (C=O) groups excluding carboxylic acids is 2. The number of esters is 1. The van der Waals surface area contributed by atoms with E-state index in [0.717, 1.165) is 22.2 Å². The number of amides is 1. The fourth-order valence-corrected chi connectivity index (χ4v) is 4.33. The highest BCUT2D eigenvalue weighted by Crippen LogP contribution is 2.35. The van der Waals surface area contributed by atoms with Gasteiger partial charge in [-0.15, -0.1) is 0 Å². The zero-order valence-electron chi connectivity index (χ0n) is 15.8. The van der Waals surface area contributed by atoms with E-state index in [1.807, 2.05) is 6.07 Å². The number of H-pyrrole nitrogens is 1. The summed E-state index contributed by atoms with van der Waals surface area (Å²) in [5.74, 6) is -0.216. The first-order valence-electron chi connectivity index (χ1n) is 8.97. The van der Waals surface area contributed by atoms with Crippen molar-refractivity contribution in [3.8, 4) is 5.75 Å².